The highest BCUT2D eigenvalue weighted by Gasteiger charge is 2.03. The van der Waals surface area contributed by atoms with Crippen LogP contribution in [0, 0.1) is 6.92 Å². The highest BCUT2D eigenvalue weighted by atomic mass is 35.5. The molecule has 3 heteroatoms. The summed E-state index contributed by atoms with van der Waals surface area (Å²) in [5.41, 5.74) is 3.22. The number of hydrogen-bond donors (Lipinski definition) is 1. The first-order valence-corrected chi connectivity index (χ1v) is 5.28. The largest absolute Gasteiger partial charge is 0.316 e. The number of hydrogen-bond acceptors (Lipinski definition) is 2. The second-order valence-corrected chi connectivity index (χ2v) is 4.03. The lowest BCUT2D eigenvalue weighted by molar-refractivity contribution is 0.815. The SMILES string of the molecule is CNCc1cnc2c(C)c(Cl)ccc2c1. The van der Waals surface area contributed by atoms with Gasteiger partial charge in [0.1, 0.15) is 0 Å². The molecule has 78 valence electrons. The van der Waals surface area contributed by atoms with Crippen molar-refractivity contribution in [2.75, 3.05) is 7.05 Å². The van der Waals surface area contributed by atoms with Gasteiger partial charge in [-0.05, 0) is 37.2 Å². The van der Waals surface area contributed by atoms with E-state index in [0.717, 1.165) is 28.0 Å². The Hall–Kier alpha value is -1.12. The molecular weight excluding hydrogens is 208 g/mol. The summed E-state index contributed by atoms with van der Waals surface area (Å²) in [5.74, 6) is 0. The third kappa shape index (κ3) is 1.96. The van der Waals surface area contributed by atoms with Gasteiger partial charge in [0.25, 0.3) is 0 Å². The summed E-state index contributed by atoms with van der Waals surface area (Å²) < 4.78 is 0. The Morgan fingerprint density at radius 2 is 2.20 bits per heavy atom. The average Bonchev–Trinajstić information content (AvgIpc) is 2.24. The maximum Gasteiger partial charge on any atom is 0.0746 e. The zero-order valence-corrected chi connectivity index (χ0v) is 9.60. The van der Waals surface area contributed by atoms with Gasteiger partial charge in [0.05, 0.1) is 5.52 Å². The summed E-state index contributed by atoms with van der Waals surface area (Å²) in [6.07, 6.45) is 1.89. The highest BCUT2D eigenvalue weighted by Crippen LogP contribution is 2.24. The maximum atomic E-state index is 6.04. The van der Waals surface area contributed by atoms with Crippen LogP contribution in [-0.2, 0) is 6.54 Å². The Labute approximate surface area is 94.3 Å². The van der Waals surface area contributed by atoms with Crippen LogP contribution < -0.4 is 5.32 Å². The topological polar surface area (TPSA) is 24.9 Å². The van der Waals surface area contributed by atoms with Gasteiger partial charge in [-0.15, -0.1) is 0 Å². The van der Waals surface area contributed by atoms with Crippen molar-refractivity contribution in [1.82, 2.24) is 10.3 Å². The van der Waals surface area contributed by atoms with Gasteiger partial charge in [-0.25, -0.2) is 0 Å². The number of aryl methyl sites for hydroxylation is 1. The predicted octanol–water partition coefficient (Wildman–Crippen LogP) is 2.92. The summed E-state index contributed by atoms with van der Waals surface area (Å²) >= 11 is 6.04. The maximum absolute atomic E-state index is 6.04. The van der Waals surface area contributed by atoms with Crippen LogP contribution in [0.4, 0.5) is 0 Å². The Bertz CT molecular complexity index is 494. The molecule has 15 heavy (non-hydrogen) atoms. The van der Waals surface area contributed by atoms with E-state index in [4.69, 9.17) is 11.6 Å². The monoisotopic (exact) mass is 220 g/mol. The molecule has 0 aliphatic rings. The average molecular weight is 221 g/mol. The van der Waals surface area contributed by atoms with Gasteiger partial charge in [-0.2, -0.15) is 0 Å². The molecule has 1 aromatic carbocycles. The quantitative estimate of drug-likeness (QED) is 0.842. The third-order valence-electron chi connectivity index (χ3n) is 2.48. The van der Waals surface area contributed by atoms with Crippen LogP contribution in [0.3, 0.4) is 0 Å². The van der Waals surface area contributed by atoms with Gasteiger partial charge < -0.3 is 5.32 Å². The zero-order valence-electron chi connectivity index (χ0n) is 8.84. The highest BCUT2D eigenvalue weighted by molar-refractivity contribution is 6.32. The van der Waals surface area contributed by atoms with Crippen molar-refractivity contribution < 1.29 is 0 Å². The molecule has 0 fully saturated rings. The molecule has 0 saturated heterocycles. The van der Waals surface area contributed by atoms with Gasteiger partial charge in [0.15, 0.2) is 0 Å². The van der Waals surface area contributed by atoms with Crippen LogP contribution >= 0.6 is 11.6 Å². The van der Waals surface area contributed by atoms with Crippen LogP contribution in [0.5, 0.6) is 0 Å². The smallest absolute Gasteiger partial charge is 0.0746 e. The first-order valence-electron chi connectivity index (χ1n) is 4.90. The van der Waals surface area contributed by atoms with Crippen molar-refractivity contribution in [3.8, 4) is 0 Å². The lowest BCUT2D eigenvalue weighted by Gasteiger charge is -2.05. The van der Waals surface area contributed by atoms with E-state index in [1.165, 1.54) is 5.56 Å². The molecule has 0 unspecified atom stereocenters. The Morgan fingerprint density at radius 3 is 2.93 bits per heavy atom. The van der Waals surface area contributed by atoms with Gasteiger partial charge >= 0.3 is 0 Å². The fraction of sp³-hybridized carbons (Fsp3) is 0.250. The third-order valence-corrected chi connectivity index (χ3v) is 2.89. The van der Waals surface area contributed by atoms with Crippen LogP contribution in [0.25, 0.3) is 10.9 Å². The van der Waals surface area contributed by atoms with E-state index in [1.54, 1.807) is 0 Å². The van der Waals surface area contributed by atoms with E-state index in [-0.39, 0.29) is 0 Å². The van der Waals surface area contributed by atoms with E-state index >= 15 is 0 Å². The van der Waals surface area contributed by atoms with E-state index in [9.17, 15) is 0 Å². The standard InChI is InChI=1S/C12H13ClN2/c1-8-11(13)4-3-10-5-9(6-14-2)7-15-12(8)10/h3-5,7,14H,6H2,1-2H3. The summed E-state index contributed by atoms with van der Waals surface area (Å²) in [4.78, 5) is 4.44. The summed E-state index contributed by atoms with van der Waals surface area (Å²) in [6.45, 7) is 2.83. The lowest BCUT2D eigenvalue weighted by Crippen LogP contribution is -2.05. The second kappa shape index (κ2) is 4.17. The van der Waals surface area contributed by atoms with E-state index in [1.807, 2.05) is 32.3 Å². The summed E-state index contributed by atoms with van der Waals surface area (Å²) in [5, 5.41) is 5.03. The number of rotatable bonds is 2. The first kappa shape index (κ1) is 10.4. The Morgan fingerprint density at radius 1 is 1.40 bits per heavy atom. The number of benzene rings is 1. The van der Waals surface area contributed by atoms with Crippen molar-refractivity contribution in [1.29, 1.82) is 0 Å². The number of fused-ring (bicyclic) bond motifs is 1. The molecule has 0 spiro atoms. The molecule has 0 atom stereocenters. The number of aromatic nitrogens is 1. The van der Waals surface area contributed by atoms with Crippen LogP contribution in [0.15, 0.2) is 24.4 Å². The zero-order chi connectivity index (χ0) is 10.8. The van der Waals surface area contributed by atoms with Gasteiger partial charge in [0, 0.05) is 23.2 Å². The van der Waals surface area contributed by atoms with E-state index in [2.05, 4.69) is 16.4 Å². The summed E-state index contributed by atoms with van der Waals surface area (Å²) in [6, 6.07) is 6.07. The molecule has 0 aliphatic heterocycles. The van der Waals surface area contributed by atoms with E-state index in [0.29, 0.717) is 0 Å². The molecule has 2 aromatic rings. The molecule has 0 saturated carbocycles. The van der Waals surface area contributed by atoms with Crippen molar-refractivity contribution in [2.45, 2.75) is 13.5 Å². The van der Waals surface area contributed by atoms with Gasteiger partial charge in [-0.3, -0.25) is 4.98 Å². The minimum atomic E-state index is 0.774. The molecule has 1 N–H and O–H groups in total. The Kier molecular flexibility index (Phi) is 2.89. The van der Waals surface area contributed by atoms with Crippen molar-refractivity contribution in [2.24, 2.45) is 0 Å². The first-order chi connectivity index (χ1) is 7.22. The minimum Gasteiger partial charge on any atom is -0.316 e. The predicted molar refractivity (Wildman–Crippen MR) is 64.3 cm³/mol. The number of pyridine rings is 1. The van der Waals surface area contributed by atoms with Gasteiger partial charge in [0.2, 0.25) is 0 Å². The second-order valence-electron chi connectivity index (χ2n) is 3.62. The summed E-state index contributed by atoms with van der Waals surface area (Å²) in [7, 11) is 1.93. The fourth-order valence-corrected chi connectivity index (χ4v) is 1.82. The van der Waals surface area contributed by atoms with Gasteiger partial charge in [-0.1, -0.05) is 17.7 Å². The Balaban J connectivity index is 2.59. The van der Waals surface area contributed by atoms with Crippen molar-refractivity contribution in [3.63, 3.8) is 0 Å². The minimum absolute atomic E-state index is 0.774. The molecular formula is C12H13ClN2. The van der Waals surface area contributed by atoms with Crippen LogP contribution in [0.1, 0.15) is 11.1 Å². The fourth-order valence-electron chi connectivity index (χ4n) is 1.67. The molecule has 0 radical (unpaired) electrons. The molecule has 0 aliphatic carbocycles. The van der Waals surface area contributed by atoms with Crippen LogP contribution in [-0.4, -0.2) is 12.0 Å². The van der Waals surface area contributed by atoms with Crippen LogP contribution in [0.2, 0.25) is 5.02 Å². The van der Waals surface area contributed by atoms with E-state index < -0.39 is 0 Å². The molecule has 2 rings (SSSR count). The molecule has 1 heterocycles. The number of halogens is 1. The molecule has 2 nitrogen and oxygen atoms in total. The van der Waals surface area contributed by atoms with Crippen molar-refractivity contribution >= 4 is 22.5 Å². The molecule has 0 bridgehead atoms. The molecule has 0 amide bonds. The lowest BCUT2D eigenvalue weighted by atomic mass is 10.1. The van der Waals surface area contributed by atoms with Crippen molar-refractivity contribution in [3.05, 3.63) is 40.5 Å². The normalized spacial score (nSPS) is 10.9. The molecule has 1 aromatic heterocycles. The number of nitrogens with one attached hydrogen (secondary N) is 1. The number of nitrogens with zero attached hydrogens (tertiary/aromatic N) is 1.